The standard InChI is InChI=1S/C15H15ClN2O3/c1-3-21-15(20)13-9-18(10(2)17-14(13)19)8-11-4-6-12(16)7-5-11/h4-7,9H,3,8H2,1-2H3. The van der Waals surface area contributed by atoms with Gasteiger partial charge in [-0.25, -0.2) is 4.79 Å². The van der Waals surface area contributed by atoms with Gasteiger partial charge in [-0.3, -0.25) is 4.79 Å². The van der Waals surface area contributed by atoms with Crippen LogP contribution in [0.1, 0.15) is 28.7 Å². The highest BCUT2D eigenvalue weighted by molar-refractivity contribution is 6.30. The number of carbonyl (C=O) groups excluding carboxylic acids is 1. The highest BCUT2D eigenvalue weighted by atomic mass is 35.5. The van der Waals surface area contributed by atoms with Crippen LogP contribution in [0.25, 0.3) is 0 Å². The molecule has 0 aliphatic heterocycles. The first-order valence-corrected chi connectivity index (χ1v) is 6.88. The van der Waals surface area contributed by atoms with E-state index >= 15 is 0 Å². The van der Waals surface area contributed by atoms with Gasteiger partial charge in [0.25, 0.3) is 5.56 Å². The van der Waals surface area contributed by atoms with Gasteiger partial charge in [0.15, 0.2) is 0 Å². The molecule has 6 heteroatoms. The quantitative estimate of drug-likeness (QED) is 0.814. The molecule has 2 aromatic rings. The van der Waals surface area contributed by atoms with Gasteiger partial charge in [-0.05, 0) is 31.5 Å². The predicted octanol–water partition coefficient (Wildman–Crippen LogP) is 2.43. The van der Waals surface area contributed by atoms with Gasteiger partial charge in [-0.15, -0.1) is 0 Å². The molecular weight excluding hydrogens is 292 g/mol. The molecule has 1 aromatic heterocycles. The van der Waals surface area contributed by atoms with Crippen LogP contribution in [0.3, 0.4) is 0 Å². The third-order valence-electron chi connectivity index (χ3n) is 2.96. The average molecular weight is 307 g/mol. The molecule has 110 valence electrons. The van der Waals surface area contributed by atoms with Crippen molar-refractivity contribution in [2.75, 3.05) is 6.61 Å². The number of aryl methyl sites for hydroxylation is 1. The summed E-state index contributed by atoms with van der Waals surface area (Å²) in [6.45, 7) is 4.10. The Morgan fingerprint density at radius 3 is 2.62 bits per heavy atom. The molecule has 1 aromatic carbocycles. The molecule has 21 heavy (non-hydrogen) atoms. The van der Waals surface area contributed by atoms with Crippen LogP contribution in [0.4, 0.5) is 0 Å². The molecule has 0 N–H and O–H groups in total. The maximum atomic E-state index is 11.8. The van der Waals surface area contributed by atoms with Crippen LogP contribution < -0.4 is 5.56 Å². The maximum Gasteiger partial charge on any atom is 0.345 e. The first-order chi connectivity index (χ1) is 10.0. The Morgan fingerprint density at radius 2 is 2.00 bits per heavy atom. The molecular formula is C15H15ClN2O3. The van der Waals surface area contributed by atoms with Gasteiger partial charge in [0.2, 0.25) is 0 Å². The third kappa shape index (κ3) is 3.70. The predicted molar refractivity (Wildman–Crippen MR) is 79.7 cm³/mol. The van der Waals surface area contributed by atoms with E-state index in [1.807, 2.05) is 12.1 Å². The van der Waals surface area contributed by atoms with Crippen LogP contribution in [-0.4, -0.2) is 22.1 Å². The van der Waals surface area contributed by atoms with Crippen molar-refractivity contribution in [2.45, 2.75) is 20.4 Å². The maximum absolute atomic E-state index is 11.8. The summed E-state index contributed by atoms with van der Waals surface area (Å²) in [5, 5.41) is 0.653. The fraction of sp³-hybridized carbons (Fsp3) is 0.267. The summed E-state index contributed by atoms with van der Waals surface area (Å²) >= 11 is 5.85. The van der Waals surface area contributed by atoms with Crippen molar-refractivity contribution in [3.8, 4) is 0 Å². The lowest BCUT2D eigenvalue weighted by molar-refractivity contribution is 0.0523. The van der Waals surface area contributed by atoms with Crippen LogP contribution in [0.2, 0.25) is 5.02 Å². The van der Waals surface area contributed by atoms with E-state index in [9.17, 15) is 9.59 Å². The van der Waals surface area contributed by atoms with Crippen LogP contribution in [0.15, 0.2) is 35.3 Å². The molecule has 5 nitrogen and oxygen atoms in total. The summed E-state index contributed by atoms with van der Waals surface area (Å²) in [6, 6.07) is 7.33. The van der Waals surface area contributed by atoms with E-state index < -0.39 is 11.5 Å². The molecule has 0 saturated heterocycles. The minimum atomic E-state index is -0.653. The number of benzene rings is 1. The second-order valence-electron chi connectivity index (χ2n) is 4.48. The first kappa shape index (κ1) is 15.3. The number of halogens is 1. The Labute approximate surface area is 127 Å². The number of hydrogen-bond acceptors (Lipinski definition) is 4. The Kier molecular flexibility index (Phi) is 4.75. The number of carbonyl (C=O) groups is 1. The highest BCUT2D eigenvalue weighted by Gasteiger charge is 2.14. The Bertz CT molecular complexity index is 708. The van der Waals surface area contributed by atoms with Gasteiger partial charge in [-0.1, -0.05) is 23.7 Å². The number of ether oxygens (including phenoxy) is 1. The van der Waals surface area contributed by atoms with E-state index in [2.05, 4.69) is 4.98 Å². The second kappa shape index (κ2) is 6.54. The lowest BCUT2D eigenvalue weighted by Crippen LogP contribution is -2.24. The molecule has 2 rings (SSSR count). The number of aromatic nitrogens is 2. The van der Waals surface area contributed by atoms with Crippen molar-refractivity contribution in [2.24, 2.45) is 0 Å². The minimum absolute atomic E-state index is 0.0589. The van der Waals surface area contributed by atoms with Crippen molar-refractivity contribution in [1.29, 1.82) is 0 Å². The number of hydrogen-bond donors (Lipinski definition) is 0. The van der Waals surface area contributed by atoms with E-state index in [-0.39, 0.29) is 12.2 Å². The minimum Gasteiger partial charge on any atom is -0.462 e. The fourth-order valence-corrected chi connectivity index (χ4v) is 2.00. The van der Waals surface area contributed by atoms with Gasteiger partial charge in [0.05, 0.1) is 6.61 Å². The zero-order valence-electron chi connectivity index (χ0n) is 11.8. The lowest BCUT2D eigenvalue weighted by atomic mass is 10.2. The number of nitrogens with zero attached hydrogens (tertiary/aromatic N) is 2. The summed E-state index contributed by atoms with van der Waals surface area (Å²) in [6.07, 6.45) is 1.48. The van der Waals surface area contributed by atoms with Crippen LogP contribution in [0.5, 0.6) is 0 Å². The summed E-state index contributed by atoms with van der Waals surface area (Å²) < 4.78 is 6.59. The second-order valence-corrected chi connectivity index (χ2v) is 4.92. The molecule has 0 amide bonds. The van der Waals surface area contributed by atoms with Gasteiger partial charge in [0, 0.05) is 17.8 Å². The van der Waals surface area contributed by atoms with Gasteiger partial charge < -0.3 is 9.30 Å². The van der Waals surface area contributed by atoms with E-state index in [0.29, 0.717) is 17.4 Å². The van der Waals surface area contributed by atoms with Crippen molar-refractivity contribution in [3.63, 3.8) is 0 Å². The Balaban J connectivity index is 2.35. The molecule has 0 aliphatic rings. The van der Waals surface area contributed by atoms with Crippen molar-refractivity contribution < 1.29 is 9.53 Å². The molecule has 0 aliphatic carbocycles. The van der Waals surface area contributed by atoms with Gasteiger partial charge in [0.1, 0.15) is 11.4 Å². The van der Waals surface area contributed by atoms with Gasteiger partial charge in [-0.2, -0.15) is 4.98 Å². The summed E-state index contributed by atoms with van der Waals surface area (Å²) in [4.78, 5) is 27.4. The van der Waals surface area contributed by atoms with E-state index in [4.69, 9.17) is 16.3 Å². The van der Waals surface area contributed by atoms with Crippen molar-refractivity contribution in [1.82, 2.24) is 9.55 Å². The monoisotopic (exact) mass is 306 g/mol. The molecule has 0 bridgehead atoms. The van der Waals surface area contributed by atoms with Crippen LogP contribution in [0, 0.1) is 6.92 Å². The zero-order chi connectivity index (χ0) is 15.4. The molecule has 0 fully saturated rings. The average Bonchev–Trinajstić information content (AvgIpc) is 2.44. The highest BCUT2D eigenvalue weighted by Crippen LogP contribution is 2.11. The number of esters is 1. The summed E-state index contributed by atoms with van der Waals surface area (Å²) in [5.74, 6) is -0.122. The van der Waals surface area contributed by atoms with Gasteiger partial charge >= 0.3 is 5.97 Å². The number of rotatable bonds is 4. The smallest absolute Gasteiger partial charge is 0.345 e. The molecule has 0 spiro atoms. The zero-order valence-corrected chi connectivity index (χ0v) is 12.6. The molecule has 0 radical (unpaired) electrons. The molecule has 0 atom stereocenters. The molecule has 1 heterocycles. The summed E-state index contributed by atoms with van der Waals surface area (Å²) in [5.41, 5.74) is 0.359. The van der Waals surface area contributed by atoms with E-state index in [1.54, 1.807) is 30.5 Å². The third-order valence-corrected chi connectivity index (χ3v) is 3.21. The molecule has 0 saturated carbocycles. The van der Waals surface area contributed by atoms with Crippen LogP contribution >= 0.6 is 11.6 Å². The van der Waals surface area contributed by atoms with Crippen molar-refractivity contribution >= 4 is 17.6 Å². The van der Waals surface area contributed by atoms with Crippen molar-refractivity contribution in [3.05, 3.63) is 62.8 Å². The molecule has 0 unspecified atom stereocenters. The largest absolute Gasteiger partial charge is 0.462 e. The normalized spacial score (nSPS) is 10.4. The van der Waals surface area contributed by atoms with E-state index in [1.165, 1.54) is 6.20 Å². The lowest BCUT2D eigenvalue weighted by Gasteiger charge is -2.11. The van der Waals surface area contributed by atoms with E-state index in [0.717, 1.165) is 5.56 Å². The van der Waals surface area contributed by atoms with Crippen LogP contribution in [-0.2, 0) is 11.3 Å². The topological polar surface area (TPSA) is 61.2 Å². The Hall–Kier alpha value is -2.14. The SMILES string of the molecule is CCOC(=O)c1cn(Cc2ccc(Cl)cc2)c(C)nc1=O. The first-order valence-electron chi connectivity index (χ1n) is 6.51. The fourth-order valence-electron chi connectivity index (χ4n) is 1.87. The Morgan fingerprint density at radius 1 is 1.33 bits per heavy atom. The summed E-state index contributed by atoms with van der Waals surface area (Å²) in [7, 11) is 0.